The molecule has 0 aliphatic carbocycles. The number of esters is 1. The maximum absolute atomic E-state index is 11.8. The van der Waals surface area contributed by atoms with Gasteiger partial charge in [-0.15, -0.1) is 0 Å². The highest BCUT2D eigenvalue weighted by Crippen LogP contribution is 2.27. The summed E-state index contributed by atoms with van der Waals surface area (Å²) in [5, 5.41) is 3.45. The maximum atomic E-state index is 11.8. The minimum absolute atomic E-state index is 0.315. The fourth-order valence-corrected chi connectivity index (χ4v) is 2.13. The summed E-state index contributed by atoms with van der Waals surface area (Å²) in [4.78, 5) is 23.6. The Morgan fingerprint density at radius 3 is 2.39 bits per heavy atom. The van der Waals surface area contributed by atoms with Crippen LogP contribution in [-0.2, 0) is 9.53 Å². The van der Waals surface area contributed by atoms with Gasteiger partial charge in [-0.2, -0.15) is 0 Å². The molecule has 0 unspecified atom stereocenters. The SMILES string of the molecule is COc1ccc(NC(=O)COC(=O)c2ccc(Cl)cc2)cc1Cl. The van der Waals surface area contributed by atoms with Crippen LogP contribution in [0.3, 0.4) is 0 Å². The lowest BCUT2D eigenvalue weighted by Gasteiger charge is -2.08. The van der Waals surface area contributed by atoms with Gasteiger partial charge in [0.15, 0.2) is 6.61 Å². The molecule has 7 heteroatoms. The van der Waals surface area contributed by atoms with Crippen LogP contribution in [0.1, 0.15) is 10.4 Å². The number of amides is 1. The molecule has 0 aliphatic rings. The number of hydrogen-bond donors (Lipinski definition) is 1. The molecule has 2 aromatic rings. The monoisotopic (exact) mass is 353 g/mol. The molecule has 0 bridgehead atoms. The minimum atomic E-state index is -0.607. The van der Waals surface area contributed by atoms with E-state index in [1.54, 1.807) is 30.3 Å². The van der Waals surface area contributed by atoms with Crippen LogP contribution >= 0.6 is 23.2 Å². The summed E-state index contributed by atoms with van der Waals surface area (Å²) in [6, 6.07) is 11.0. The molecule has 120 valence electrons. The molecule has 1 N–H and O–H groups in total. The summed E-state index contributed by atoms with van der Waals surface area (Å²) in [5.41, 5.74) is 0.790. The second kappa shape index (κ2) is 7.85. The van der Waals surface area contributed by atoms with E-state index in [4.69, 9.17) is 32.7 Å². The van der Waals surface area contributed by atoms with Crippen molar-refractivity contribution in [2.24, 2.45) is 0 Å². The van der Waals surface area contributed by atoms with E-state index in [9.17, 15) is 9.59 Å². The number of carbonyl (C=O) groups excluding carboxylic acids is 2. The van der Waals surface area contributed by atoms with Crippen molar-refractivity contribution in [1.29, 1.82) is 0 Å². The Labute approximate surface area is 143 Å². The molecule has 0 saturated carbocycles. The van der Waals surface area contributed by atoms with E-state index in [1.165, 1.54) is 19.2 Å². The van der Waals surface area contributed by atoms with Crippen molar-refractivity contribution in [2.75, 3.05) is 19.0 Å². The van der Waals surface area contributed by atoms with Crippen molar-refractivity contribution in [3.8, 4) is 5.75 Å². The number of halogens is 2. The Hall–Kier alpha value is -2.24. The smallest absolute Gasteiger partial charge is 0.338 e. The van der Waals surface area contributed by atoms with E-state index in [-0.39, 0.29) is 0 Å². The van der Waals surface area contributed by atoms with Crippen molar-refractivity contribution >= 4 is 40.8 Å². The lowest BCUT2D eigenvalue weighted by Crippen LogP contribution is -2.20. The number of hydrogen-bond acceptors (Lipinski definition) is 4. The third-order valence-corrected chi connectivity index (χ3v) is 3.40. The van der Waals surface area contributed by atoms with Crippen molar-refractivity contribution in [2.45, 2.75) is 0 Å². The fraction of sp³-hybridized carbons (Fsp3) is 0.125. The predicted octanol–water partition coefficient (Wildman–Crippen LogP) is 3.80. The van der Waals surface area contributed by atoms with Gasteiger partial charge in [0.2, 0.25) is 0 Å². The molecule has 0 heterocycles. The molecule has 0 fully saturated rings. The first-order chi connectivity index (χ1) is 11.0. The molecule has 0 atom stereocenters. The topological polar surface area (TPSA) is 64.6 Å². The van der Waals surface area contributed by atoms with Crippen LogP contribution in [0.4, 0.5) is 5.69 Å². The number of benzene rings is 2. The number of methoxy groups -OCH3 is 1. The summed E-state index contributed by atoms with van der Waals surface area (Å²) >= 11 is 11.7. The van der Waals surface area contributed by atoms with Gasteiger partial charge in [0.1, 0.15) is 5.75 Å². The summed E-state index contributed by atoms with van der Waals surface area (Å²) in [7, 11) is 1.50. The zero-order valence-electron chi connectivity index (χ0n) is 12.1. The molecule has 0 aliphatic heterocycles. The fourth-order valence-electron chi connectivity index (χ4n) is 1.74. The van der Waals surface area contributed by atoms with Crippen LogP contribution in [0.5, 0.6) is 5.75 Å². The number of carbonyl (C=O) groups is 2. The molecule has 5 nitrogen and oxygen atoms in total. The van der Waals surface area contributed by atoms with E-state index in [0.717, 1.165) is 0 Å². The number of nitrogens with one attached hydrogen (secondary N) is 1. The predicted molar refractivity (Wildman–Crippen MR) is 88.4 cm³/mol. The highest BCUT2D eigenvalue weighted by molar-refractivity contribution is 6.32. The van der Waals surface area contributed by atoms with Crippen LogP contribution in [0.15, 0.2) is 42.5 Å². The van der Waals surface area contributed by atoms with E-state index in [2.05, 4.69) is 5.32 Å². The van der Waals surface area contributed by atoms with E-state index >= 15 is 0 Å². The Bertz CT molecular complexity index is 717. The first-order valence-electron chi connectivity index (χ1n) is 6.55. The zero-order chi connectivity index (χ0) is 16.8. The van der Waals surface area contributed by atoms with Gasteiger partial charge in [-0.05, 0) is 42.5 Å². The number of ether oxygens (including phenoxy) is 2. The minimum Gasteiger partial charge on any atom is -0.495 e. The Balaban J connectivity index is 1.88. The van der Waals surface area contributed by atoms with Gasteiger partial charge in [0, 0.05) is 10.7 Å². The molecule has 23 heavy (non-hydrogen) atoms. The van der Waals surface area contributed by atoms with Gasteiger partial charge in [-0.25, -0.2) is 4.79 Å². The molecule has 1 amide bonds. The van der Waals surface area contributed by atoms with Gasteiger partial charge in [-0.3, -0.25) is 4.79 Å². The molecule has 2 aromatic carbocycles. The molecule has 0 saturated heterocycles. The van der Waals surface area contributed by atoms with Crippen LogP contribution in [-0.4, -0.2) is 25.6 Å². The van der Waals surface area contributed by atoms with Crippen molar-refractivity contribution in [3.63, 3.8) is 0 Å². The van der Waals surface area contributed by atoms with E-state index < -0.39 is 18.5 Å². The van der Waals surface area contributed by atoms with Crippen LogP contribution in [0.2, 0.25) is 10.0 Å². The van der Waals surface area contributed by atoms with E-state index in [1.807, 2.05) is 0 Å². The van der Waals surface area contributed by atoms with Gasteiger partial charge in [0.25, 0.3) is 5.91 Å². The normalized spacial score (nSPS) is 10.0. The summed E-state index contributed by atoms with van der Waals surface area (Å²) in [6.07, 6.45) is 0. The Morgan fingerprint density at radius 2 is 1.78 bits per heavy atom. The quantitative estimate of drug-likeness (QED) is 0.830. The molecule has 0 spiro atoms. The Morgan fingerprint density at radius 1 is 1.09 bits per heavy atom. The first kappa shape index (κ1) is 17.1. The van der Waals surface area contributed by atoms with Gasteiger partial charge in [-0.1, -0.05) is 23.2 Å². The second-order valence-electron chi connectivity index (χ2n) is 4.48. The summed E-state index contributed by atoms with van der Waals surface area (Å²) in [5.74, 6) is -0.586. The lowest BCUT2D eigenvalue weighted by molar-refractivity contribution is -0.119. The van der Waals surface area contributed by atoms with Gasteiger partial charge < -0.3 is 14.8 Å². The maximum Gasteiger partial charge on any atom is 0.338 e. The molecule has 0 radical (unpaired) electrons. The van der Waals surface area contributed by atoms with Crippen molar-refractivity contribution in [1.82, 2.24) is 0 Å². The first-order valence-corrected chi connectivity index (χ1v) is 7.31. The third kappa shape index (κ3) is 4.87. The lowest BCUT2D eigenvalue weighted by atomic mass is 10.2. The zero-order valence-corrected chi connectivity index (χ0v) is 13.6. The van der Waals surface area contributed by atoms with Gasteiger partial charge in [0.05, 0.1) is 17.7 Å². The second-order valence-corrected chi connectivity index (χ2v) is 5.32. The number of anilines is 1. The molecular formula is C16H13Cl2NO4. The van der Waals surface area contributed by atoms with Crippen molar-refractivity contribution < 1.29 is 19.1 Å². The molecular weight excluding hydrogens is 341 g/mol. The van der Waals surface area contributed by atoms with Gasteiger partial charge >= 0.3 is 5.97 Å². The van der Waals surface area contributed by atoms with Crippen LogP contribution in [0, 0.1) is 0 Å². The number of rotatable bonds is 5. The highest BCUT2D eigenvalue weighted by atomic mass is 35.5. The van der Waals surface area contributed by atoms with Crippen LogP contribution in [0.25, 0.3) is 0 Å². The average molecular weight is 354 g/mol. The standard InChI is InChI=1S/C16H13Cl2NO4/c1-22-14-7-6-12(8-13(14)18)19-15(20)9-23-16(21)10-2-4-11(17)5-3-10/h2-8H,9H2,1H3,(H,19,20). The summed E-state index contributed by atoms with van der Waals surface area (Å²) < 4.78 is 9.94. The molecule has 2 rings (SSSR count). The van der Waals surface area contributed by atoms with Crippen molar-refractivity contribution in [3.05, 3.63) is 58.1 Å². The summed E-state index contributed by atoms with van der Waals surface area (Å²) in [6.45, 7) is -0.412. The largest absolute Gasteiger partial charge is 0.495 e. The molecule has 0 aromatic heterocycles. The third-order valence-electron chi connectivity index (χ3n) is 2.85. The van der Waals surface area contributed by atoms with Crippen LogP contribution < -0.4 is 10.1 Å². The highest BCUT2D eigenvalue weighted by Gasteiger charge is 2.11. The average Bonchev–Trinajstić information content (AvgIpc) is 2.53. The Kier molecular flexibility index (Phi) is 5.84. The van der Waals surface area contributed by atoms with E-state index in [0.29, 0.717) is 27.0 Å².